The Hall–Kier alpha value is -0.850. The normalized spacial score (nSPS) is 23.2. The molecular weight excluding hydrogens is 160 g/mol. The fraction of sp³-hybridized carbons (Fsp3) is 0.583. The first-order valence-electron chi connectivity index (χ1n) is 5.00. The zero-order valence-electron chi connectivity index (χ0n) is 8.71. The summed E-state index contributed by atoms with van der Waals surface area (Å²) in [6.07, 6.45) is 7.75. The lowest BCUT2D eigenvalue weighted by Gasteiger charge is -2.08. The Labute approximate surface area is 80.5 Å². The second-order valence-corrected chi connectivity index (χ2v) is 4.00. The van der Waals surface area contributed by atoms with Gasteiger partial charge in [-0.3, -0.25) is 4.79 Å². The summed E-state index contributed by atoms with van der Waals surface area (Å²) in [4.78, 5) is 11.5. The van der Waals surface area contributed by atoms with Gasteiger partial charge in [0.1, 0.15) is 0 Å². The number of hydrogen-bond acceptors (Lipinski definition) is 1. The van der Waals surface area contributed by atoms with Crippen LogP contribution in [-0.2, 0) is 4.79 Å². The molecule has 0 fully saturated rings. The van der Waals surface area contributed by atoms with E-state index >= 15 is 0 Å². The van der Waals surface area contributed by atoms with Gasteiger partial charge >= 0.3 is 0 Å². The Balaban J connectivity index is 2.63. The molecule has 0 amide bonds. The number of allylic oxidation sites excluding steroid dienone is 4. The molecule has 0 unspecified atom stereocenters. The molecule has 0 heterocycles. The molecule has 0 aromatic rings. The summed E-state index contributed by atoms with van der Waals surface area (Å²) in [5.74, 6) is 1.41. The lowest BCUT2D eigenvalue weighted by atomic mass is 9.96. The van der Waals surface area contributed by atoms with E-state index in [1.54, 1.807) is 0 Å². The second kappa shape index (κ2) is 4.40. The minimum absolute atomic E-state index is 0.344. The third-order valence-electron chi connectivity index (χ3n) is 2.62. The van der Waals surface area contributed by atoms with E-state index in [4.69, 9.17) is 0 Å². The van der Waals surface area contributed by atoms with Gasteiger partial charge in [-0.05, 0) is 30.8 Å². The number of carbonyl (C=O) groups excluding carboxylic acids is 1. The first-order valence-corrected chi connectivity index (χ1v) is 5.00. The van der Waals surface area contributed by atoms with Gasteiger partial charge in [0.15, 0.2) is 5.78 Å². The zero-order valence-corrected chi connectivity index (χ0v) is 8.71. The SMILES string of the molecule is C/C=C\CC1=C[C@@H](C(C)C)CC1=O. The van der Waals surface area contributed by atoms with Crippen LogP contribution in [0, 0.1) is 11.8 Å². The molecule has 72 valence electrons. The van der Waals surface area contributed by atoms with Crippen molar-refractivity contribution in [3.05, 3.63) is 23.8 Å². The third-order valence-corrected chi connectivity index (χ3v) is 2.62. The van der Waals surface area contributed by atoms with Gasteiger partial charge in [-0.25, -0.2) is 0 Å². The molecule has 1 nitrogen and oxygen atoms in total. The maximum Gasteiger partial charge on any atom is 0.159 e. The molecule has 0 saturated carbocycles. The van der Waals surface area contributed by atoms with Gasteiger partial charge in [0, 0.05) is 6.42 Å². The second-order valence-electron chi connectivity index (χ2n) is 4.00. The molecule has 1 aliphatic rings. The molecule has 0 radical (unpaired) electrons. The van der Waals surface area contributed by atoms with Crippen LogP contribution in [-0.4, -0.2) is 5.78 Å². The van der Waals surface area contributed by atoms with Crippen molar-refractivity contribution >= 4 is 5.78 Å². The van der Waals surface area contributed by atoms with Gasteiger partial charge in [0.25, 0.3) is 0 Å². The number of hydrogen-bond donors (Lipinski definition) is 0. The molecule has 0 spiro atoms. The van der Waals surface area contributed by atoms with Gasteiger partial charge in [-0.1, -0.05) is 32.1 Å². The summed E-state index contributed by atoms with van der Waals surface area (Å²) in [5, 5.41) is 0. The molecule has 1 atom stereocenters. The Morgan fingerprint density at radius 3 is 2.77 bits per heavy atom. The largest absolute Gasteiger partial charge is 0.295 e. The lowest BCUT2D eigenvalue weighted by molar-refractivity contribution is -0.115. The van der Waals surface area contributed by atoms with Crippen molar-refractivity contribution in [3.8, 4) is 0 Å². The fourth-order valence-electron chi connectivity index (χ4n) is 1.61. The van der Waals surface area contributed by atoms with Crippen LogP contribution in [0.15, 0.2) is 23.8 Å². The average molecular weight is 178 g/mol. The van der Waals surface area contributed by atoms with Crippen molar-refractivity contribution < 1.29 is 4.79 Å². The first kappa shape index (κ1) is 10.2. The van der Waals surface area contributed by atoms with Crippen LogP contribution in [0.25, 0.3) is 0 Å². The average Bonchev–Trinajstić information content (AvgIpc) is 2.44. The predicted octanol–water partition coefficient (Wildman–Crippen LogP) is 3.12. The first-order chi connectivity index (χ1) is 6.15. The van der Waals surface area contributed by atoms with Crippen molar-refractivity contribution in [2.24, 2.45) is 11.8 Å². The van der Waals surface area contributed by atoms with Crippen molar-refractivity contribution in [2.75, 3.05) is 0 Å². The van der Waals surface area contributed by atoms with Crippen LogP contribution in [0.3, 0.4) is 0 Å². The molecule has 1 heteroatoms. The molecule has 1 aliphatic carbocycles. The number of rotatable bonds is 3. The molecule has 13 heavy (non-hydrogen) atoms. The predicted molar refractivity (Wildman–Crippen MR) is 55.5 cm³/mol. The summed E-state index contributed by atoms with van der Waals surface area (Å²) in [6.45, 7) is 6.33. The van der Waals surface area contributed by atoms with E-state index in [-0.39, 0.29) is 0 Å². The highest BCUT2D eigenvalue weighted by molar-refractivity contribution is 5.98. The number of carbonyl (C=O) groups is 1. The van der Waals surface area contributed by atoms with Crippen LogP contribution >= 0.6 is 0 Å². The molecule has 0 N–H and O–H groups in total. The summed E-state index contributed by atoms with van der Waals surface area (Å²) in [6, 6.07) is 0. The zero-order chi connectivity index (χ0) is 9.84. The van der Waals surface area contributed by atoms with Crippen LogP contribution in [0.5, 0.6) is 0 Å². The molecule has 0 aromatic heterocycles. The summed E-state index contributed by atoms with van der Waals surface area (Å²) in [7, 11) is 0. The van der Waals surface area contributed by atoms with E-state index in [0.29, 0.717) is 17.6 Å². The highest BCUT2D eigenvalue weighted by Crippen LogP contribution is 2.28. The van der Waals surface area contributed by atoms with E-state index in [1.807, 2.05) is 19.1 Å². The molecule has 0 bridgehead atoms. The molecule has 1 rings (SSSR count). The van der Waals surface area contributed by atoms with E-state index in [9.17, 15) is 4.79 Å². The van der Waals surface area contributed by atoms with Gasteiger partial charge in [-0.2, -0.15) is 0 Å². The number of ketones is 1. The summed E-state index contributed by atoms with van der Waals surface area (Å²) in [5.41, 5.74) is 1.01. The van der Waals surface area contributed by atoms with Crippen LogP contribution in [0.4, 0.5) is 0 Å². The van der Waals surface area contributed by atoms with Crippen LogP contribution in [0.2, 0.25) is 0 Å². The Bertz CT molecular complexity index is 246. The molecule has 0 saturated heterocycles. The molecule has 0 aromatic carbocycles. The highest BCUT2D eigenvalue weighted by atomic mass is 16.1. The minimum atomic E-state index is 0.344. The van der Waals surface area contributed by atoms with Crippen LogP contribution < -0.4 is 0 Å². The van der Waals surface area contributed by atoms with E-state index in [2.05, 4.69) is 19.9 Å². The Morgan fingerprint density at radius 1 is 1.62 bits per heavy atom. The summed E-state index contributed by atoms with van der Waals surface area (Å²) >= 11 is 0. The highest BCUT2D eigenvalue weighted by Gasteiger charge is 2.24. The van der Waals surface area contributed by atoms with E-state index < -0.39 is 0 Å². The van der Waals surface area contributed by atoms with Gasteiger partial charge in [-0.15, -0.1) is 0 Å². The fourth-order valence-corrected chi connectivity index (χ4v) is 1.61. The molecular formula is C12H18O. The topological polar surface area (TPSA) is 17.1 Å². The molecule has 0 aliphatic heterocycles. The summed E-state index contributed by atoms with van der Waals surface area (Å²) < 4.78 is 0. The van der Waals surface area contributed by atoms with Gasteiger partial charge in [0.2, 0.25) is 0 Å². The van der Waals surface area contributed by atoms with Crippen molar-refractivity contribution in [1.29, 1.82) is 0 Å². The maximum absolute atomic E-state index is 11.5. The smallest absolute Gasteiger partial charge is 0.159 e. The van der Waals surface area contributed by atoms with Gasteiger partial charge in [0.05, 0.1) is 0 Å². The third kappa shape index (κ3) is 2.55. The quantitative estimate of drug-likeness (QED) is 0.607. The van der Waals surface area contributed by atoms with Crippen molar-refractivity contribution in [1.82, 2.24) is 0 Å². The van der Waals surface area contributed by atoms with E-state index in [0.717, 1.165) is 18.4 Å². The van der Waals surface area contributed by atoms with Crippen molar-refractivity contribution in [2.45, 2.75) is 33.6 Å². The van der Waals surface area contributed by atoms with Gasteiger partial charge < -0.3 is 0 Å². The van der Waals surface area contributed by atoms with E-state index in [1.165, 1.54) is 0 Å². The minimum Gasteiger partial charge on any atom is -0.295 e. The lowest BCUT2D eigenvalue weighted by Crippen LogP contribution is -2.04. The van der Waals surface area contributed by atoms with Crippen molar-refractivity contribution in [3.63, 3.8) is 0 Å². The monoisotopic (exact) mass is 178 g/mol. The van der Waals surface area contributed by atoms with Crippen LogP contribution in [0.1, 0.15) is 33.6 Å². The standard InChI is InChI=1S/C12H18O/c1-4-5-6-10-7-11(9(2)3)8-12(10)13/h4-5,7,9,11H,6,8H2,1-3H3/b5-4-/t11-/m1/s1. The maximum atomic E-state index is 11.5. The Morgan fingerprint density at radius 2 is 2.31 bits per heavy atom. The Kier molecular flexibility index (Phi) is 3.47. The number of Topliss-reactive ketones (excluding diaryl/α,β-unsaturated/α-hetero) is 1.